The molecule has 4 aromatic rings. The number of hydrogen-bond acceptors (Lipinski definition) is 4. The van der Waals surface area contributed by atoms with E-state index in [1.165, 1.54) is 0 Å². The van der Waals surface area contributed by atoms with Crippen molar-refractivity contribution in [3.05, 3.63) is 108 Å². The van der Waals surface area contributed by atoms with Crippen molar-refractivity contribution in [3.63, 3.8) is 0 Å². The van der Waals surface area contributed by atoms with E-state index >= 15 is 0 Å². The highest BCUT2D eigenvalue weighted by Crippen LogP contribution is 2.29. The third-order valence-corrected chi connectivity index (χ3v) is 6.21. The van der Waals surface area contributed by atoms with Gasteiger partial charge in [-0.3, -0.25) is 9.78 Å². The Hall–Kier alpha value is -3.67. The Balaban J connectivity index is 1.26. The molecule has 170 valence electrons. The van der Waals surface area contributed by atoms with Crippen molar-refractivity contribution in [3.8, 4) is 0 Å². The number of nitrogens with one attached hydrogen (secondary N) is 2. The number of hydrogen-bond donors (Lipinski definition) is 2. The van der Waals surface area contributed by atoms with Crippen molar-refractivity contribution in [1.29, 1.82) is 0 Å². The number of benzene rings is 3. The Morgan fingerprint density at radius 2 is 1.71 bits per heavy atom. The first-order valence-electron chi connectivity index (χ1n) is 11.3. The Labute approximate surface area is 204 Å². The minimum Gasteiger partial charge on any atom is -0.383 e. The van der Waals surface area contributed by atoms with Crippen molar-refractivity contribution in [2.24, 2.45) is 0 Å². The highest BCUT2D eigenvalue weighted by molar-refractivity contribution is 6.31. The molecule has 0 spiro atoms. The molecule has 0 radical (unpaired) electrons. The number of anilines is 2. The number of β-lactam (4-membered cyclic amide) rings is 1. The number of rotatable bonds is 8. The van der Waals surface area contributed by atoms with Crippen LogP contribution in [0.1, 0.15) is 5.56 Å². The first-order valence-corrected chi connectivity index (χ1v) is 11.7. The zero-order chi connectivity index (χ0) is 23.3. The predicted molar refractivity (Wildman–Crippen MR) is 140 cm³/mol. The second-order valence-corrected chi connectivity index (χ2v) is 8.62. The van der Waals surface area contributed by atoms with E-state index in [2.05, 4.69) is 39.9 Å². The number of fused-ring (bicyclic) bond motifs is 1. The predicted octanol–water partition coefficient (Wildman–Crippen LogP) is 5.39. The molecule has 1 aliphatic heterocycles. The van der Waals surface area contributed by atoms with Crippen LogP contribution in [-0.2, 0) is 4.79 Å². The third-order valence-electron chi connectivity index (χ3n) is 5.97. The Bertz CT molecular complexity index is 1310. The highest BCUT2D eigenvalue weighted by atomic mass is 35.5. The molecule has 6 heteroatoms. The van der Waals surface area contributed by atoms with E-state index in [-0.39, 0.29) is 18.0 Å². The summed E-state index contributed by atoms with van der Waals surface area (Å²) in [5.74, 6) is 0.0814. The number of carbonyl (C=O) groups excluding carboxylic acids is 1. The number of aromatic nitrogens is 1. The fraction of sp³-hybridized carbons (Fsp3) is 0.143. The van der Waals surface area contributed by atoms with E-state index < -0.39 is 0 Å². The Morgan fingerprint density at radius 1 is 0.941 bits per heavy atom. The molecule has 3 aromatic carbocycles. The van der Waals surface area contributed by atoms with E-state index in [0.717, 1.165) is 27.8 Å². The van der Waals surface area contributed by atoms with E-state index in [9.17, 15) is 4.79 Å². The van der Waals surface area contributed by atoms with E-state index in [1.54, 1.807) is 6.20 Å². The van der Waals surface area contributed by atoms with Gasteiger partial charge in [0.25, 0.3) is 0 Å². The normalized spacial score (nSPS) is 17.8. The summed E-state index contributed by atoms with van der Waals surface area (Å²) in [6, 6.07) is 27.3. The van der Waals surface area contributed by atoms with E-state index in [4.69, 9.17) is 11.6 Å². The Kier molecular flexibility index (Phi) is 6.56. The molecule has 1 aliphatic rings. The van der Waals surface area contributed by atoms with Gasteiger partial charge in [0.05, 0.1) is 11.6 Å². The number of pyridine rings is 1. The van der Waals surface area contributed by atoms with Gasteiger partial charge in [-0.1, -0.05) is 72.3 Å². The quantitative estimate of drug-likeness (QED) is 0.269. The second-order valence-electron chi connectivity index (χ2n) is 8.18. The first kappa shape index (κ1) is 22.1. The SMILES string of the molecule is O=C1[C@@H](NCCNc2ccnc3cc(Cl)ccc23)[C@@H](/C=C/c2ccccc2)N1c1ccccc1. The maximum Gasteiger partial charge on any atom is 0.247 e. The number of halogens is 1. The summed E-state index contributed by atoms with van der Waals surface area (Å²) < 4.78 is 0. The molecule has 5 nitrogen and oxygen atoms in total. The molecule has 5 rings (SSSR count). The summed E-state index contributed by atoms with van der Waals surface area (Å²) in [5.41, 5.74) is 3.87. The molecule has 1 amide bonds. The summed E-state index contributed by atoms with van der Waals surface area (Å²) in [6.45, 7) is 1.32. The number of para-hydroxylation sites is 1. The van der Waals surface area contributed by atoms with Gasteiger partial charge in [-0.15, -0.1) is 0 Å². The largest absolute Gasteiger partial charge is 0.383 e. The molecule has 0 aliphatic carbocycles. The van der Waals surface area contributed by atoms with Gasteiger partial charge < -0.3 is 15.5 Å². The molecule has 2 atom stereocenters. The molecule has 2 N–H and O–H groups in total. The zero-order valence-corrected chi connectivity index (χ0v) is 19.3. The summed E-state index contributed by atoms with van der Waals surface area (Å²) in [7, 11) is 0. The number of carbonyl (C=O) groups is 1. The molecule has 0 saturated carbocycles. The minimum absolute atomic E-state index is 0.0565. The van der Waals surface area contributed by atoms with Crippen LogP contribution >= 0.6 is 11.6 Å². The molecule has 2 heterocycles. The van der Waals surface area contributed by atoms with Gasteiger partial charge in [0, 0.05) is 41.1 Å². The first-order chi connectivity index (χ1) is 16.7. The van der Waals surface area contributed by atoms with Gasteiger partial charge in [0.15, 0.2) is 0 Å². The standard InChI is InChI=1S/C28H25ClN4O/c29-21-12-13-23-24(15-16-30-25(23)19-21)31-17-18-32-27-26(14-11-20-7-3-1-4-8-20)33(28(27)34)22-9-5-2-6-10-22/h1-16,19,26-27,32H,17-18H2,(H,30,31)/b14-11+/t26-,27+/m1/s1. The second kappa shape index (κ2) is 10.1. The number of nitrogens with zero attached hydrogens (tertiary/aromatic N) is 2. The molecule has 1 aromatic heterocycles. The lowest BCUT2D eigenvalue weighted by Gasteiger charge is -2.46. The van der Waals surface area contributed by atoms with Gasteiger partial charge in [0.2, 0.25) is 5.91 Å². The summed E-state index contributed by atoms with van der Waals surface area (Å²) >= 11 is 6.09. The minimum atomic E-state index is -0.269. The van der Waals surface area contributed by atoms with Crippen LogP contribution < -0.4 is 15.5 Å². The highest BCUT2D eigenvalue weighted by Gasteiger charge is 2.46. The monoisotopic (exact) mass is 468 g/mol. The summed E-state index contributed by atoms with van der Waals surface area (Å²) in [6.07, 6.45) is 5.95. The van der Waals surface area contributed by atoms with Crippen LogP contribution in [0.25, 0.3) is 17.0 Å². The molecule has 0 unspecified atom stereocenters. The molecule has 1 saturated heterocycles. The van der Waals surface area contributed by atoms with Gasteiger partial charge >= 0.3 is 0 Å². The van der Waals surface area contributed by atoms with Crippen LogP contribution in [0.4, 0.5) is 11.4 Å². The smallest absolute Gasteiger partial charge is 0.247 e. The van der Waals surface area contributed by atoms with Crippen LogP contribution in [0.15, 0.2) is 97.2 Å². The molecule has 0 bridgehead atoms. The maximum absolute atomic E-state index is 13.0. The van der Waals surface area contributed by atoms with Crippen LogP contribution in [0.2, 0.25) is 5.02 Å². The lowest BCUT2D eigenvalue weighted by Crippen LogP contribution is -2.70. The third kappa shape index (κ3) is 4.67. The van der Waals surface area contributed by atoms with Crippen molar-refractivity contribution in [2.75, 3.05) is 23.3 Å². The van der Waals surface area contributed by atoms with Crippen molar-refractivity contribution in [1.82, 2.24) is 10.3 Å². The van der Waals surface area contributed by atoms with Gasteiger partial charge in [0.1, 0.15) is 6.04 Å². The molecular formula is C28H25ClN4O. The lowest BCUT2D eigenvalue weighted by molar-refractivity contribution is -0.126. The van der Waals surface area contributed by atoms with Crippen LogP contribution in [-0.4, -0.2) is 36.1 Å². The molecular weight excluding hydrogens is 444 g/mol. The molecule has 1 fully saturated rings. The lowest BCUT2D eigenvalue weighted by atomic mass is 9.92. The van der Waals surface area contributed by atoms with Gasteiger partial charge in [-0.2, -0.15) is 0 Å². The summed E-state index contributed by atoms with van der Waals surface area (Å²) in [5, 5.41) is 8.58. The average molecular weight is 469 g/mol. The van der Waals surface area contributed by atoms with Gasteiger partial charge in [-0.05, 0) is 42.0 Å². The zero-order valence-electron chi connectivity index (χ0n) is 18.6. The average Bonchev–Trinajstić information content (AvgIpc) is 2.87. The fourth-order valence-electron chi connectivity index (χ4n) is 4.28. The van der Waals surface area contributed by atoms with Crippen molar-refractivity contribution < 1.29 is 4.79 Å². The fourth-order valence-corrected chi connectivity index (χ4v) is 4.44. The van der Waals surface area contributed by atoms with Gasteiger partial charge in [-0.25, -0.2) is 0 Å². The van der Waals surface area contributed by atoms with Crippen molar-refractivity contribution in [2.45, 2.75) is 12.1 Å². The maximum atomic E-state index is 13.0. The van der Waals surface area contributed by atoms with Crippen LogP contribution in [0, 0.1) is 0 Å². The van der Waals surface area contributed by atoms with Crippen LogP contribution in [0.5, 0.6) is 0 Å². The Morgan fingerprint density at radius 3 is 2.50 bits per heavy atom. The number of amides is 1. The van der Waals surface area contributed by atoms with Crippen molar-refractivity contribution >= 4 is 45.9 Å². The summed E-state index contributed by atoms with van der Waals surface area (Å²) in [4.78, 5) is 19.3. The van der Waals surface area contributed by atoms with E-state index in [1.807, 2.05) is 77.7 Å². The molecule has 34 heavy (non-hydrogen) atoms. The van der Waals surface area contributed by atoms with E-state index in [0.29, 0.717) is 18.1 Å². The van der Waals surface area contributed by atoms with Crippen LogP contribution in [0.3, 0.4) is 0 Å². The topological polar surface area (TPSA) is 57.3 Å².